The Morgan fingerprint density at radius 3 is 2.56 bits per heavy atom. The number of hydrogen-bond acceptors (Lipinski definition) is 2. The summed E-state index contributed by atoms with van der Waals surface area (Å²) < 4.78 is 18.2. The summed E-state index contributed by atoms with van der Waals surface area (Å²) in [7, 11) is 0. The molecule has 1 radical (unpaired) electrons. The van der Waals surface area contributed by atoms with Crippen LogP contribution in [0.2, 0.25) is 0 Å². The van der Waals surface area contributed by atoms with E-state index in [1.807, 2.05) is 6.07 Å². The molecule has 0 aliphatic carbocycles. The lowest BCUT2D eigenvalue weighted by atomic mass is 10.2. The van der Waals surface area contributed by atoms with E-state index in [0.29, 0.717) is 18.0 Å². The van der Waals surface area contributed by atoms with Gasteiger partial charge < -0.3 is 10.5 Å². The van der Waals surface area contributed by atoms with Crippen LogP contribution in [0.25, 0.3) is 0 Å². The molecule has 0 spiro atoms. The van der Waals surface area contributed by atoms with Crippen molar-refractivity contribution in [3.8, 4) is 11.5 Å². The maximum atomic E-state index is 12.7. The molecule has 3 heteroatoms. The maximum Gasteiger partial charge on any atom is 0.127 e. The first-order chi connectivity index (χ1) is 7.78. The summed E-state index contributed by atoms with van der Waals surface area (Å²) in [5.74, 6) is 0.984. The van der Waals surface area contributed by atoms with E-state index >= 15 is 0 Å². The molecule has 0 saturated carbocycles. The van der Waals surface area contributed by atoms with E-state index in [1.165, 1.54) is 12.1 Å². The van der Waals surface area contributed by atoms with Gasteiger partial charge in [0.15, 0.2) is 0 Å². The second kappa shape index (κ2) is 4.77. The fourth-order valence-electron chi connectivity index (χ4n) is 1.31. The van der Waals surface area contributed by atoms with Crippen molar-refractivity contribution in [2.24, 2.45) is 5.73 Å². The summed E-state index contributed by atoms with van der Waals surface area (Å²) in [6.45, 7) is 0.417. The Morgan fingerprint density at radius 1 is 1.12 bits per heavy atom. The van der Waals surface area contributed by atoms with Crippen LogP contribution in [-0.4, -0.2) is 0 Å². The van der Waals surface area contributed by atoms with Crippen LogP contribution in [0.4, 0.5) is 4.39 Å². The lowest BCUT2D eigenvalue weighted by molar-refractivity contribution is 0.480. The van der Waals surface area contributed by atoms with Gasteiger partial charge in [0.05, 0.1) is 0 Å². The highest BCUT2D eigenvalue weighted by molar-refractivity contribution is 5.33. The molecule has 0 aliphatic heterocycles. The van der Waals surface area contributed by atoms with Crippen LogP contribution in [0, 0.1) is 11.9 Å². The number of nitrogens with two attached hydrogens (primary N) is 1. The first kappa shape index (κ1) is 10.6. The summed E-state index contributed by atoms with van der Waals surface area (Å²) in [5, 5.41) is 0. The zero-order valence-electron chi connectivity index (χ0n) is 8.61. The van der Waals surface area contributed by atoms with Crippen LogP contribution >= 0.6 is 0 Å². The van der Waals surface area contributed by atoms with Gasteiger partial charge in [0.2, 0.25) is 0 Å². The predicted molar refractivity (Wildman–Crippen MR) is 59.6 cm³/mol. The van der Waals surface area contributed by atoms with Gasteiger partial charge in [-0.05, 0) is 48.0 Å². The highest BCUT2D eigenvalue weighted by atomic mass is 19.1. The van der Waals surface area contributed by atoms with Gasteiger partial charge in [-0.3, -0.25) is 0 Å². The third kappa shape index (κ3) is 2.58. The van der Waals surface area contributed by atoms with Crippen molar-refractivity contribution in [1.29, 1.82) is 0 Å². The third-order valence-electron chi connectivity index (χ3n) is 2.10. The number of benzene rings is 2. The Hall–Kier alpha value is -1.87. The van der Waals surface area contributed by atoms with E-state index in [4.69, 9.17) is 10.5 Å². The quantitative estimate of drug-likeness (QED) is 0.856. The second-order valence-corrected chi connectivity index (χ2v) is 3.31. The van der Waals surface area contributed by atoms with E-state index in [1.54, 1.807) is 24.3 Å². The lowest BCUT2D eigenvalue weighted by Gasteiger charge is -2.06. The summed E-state index contributed by atoms with van der Waals surface area (Å²) in [5.41, 5.74) is 6.37. The van der Waals surface area contributed by atoms with Gasteiger partial charge in [-0.25, -0.2) is 4.39 Å². The first-order valence-electron chi connectivity index (χ1n) is 4.92. The van der Waals surface area contributed by atoms with Gasteiger partial charge in [-0.15, -0.1) is 0 Å². The van der Waals surface area contributed by atoms with Crippen LogP contribution in [-0.2, 0) is 6.54 Å². The molecule has 2 nitrogen and oxygen atoms in total. The summed E-state index contributed by atoms with van der Waals surface area (Å²) in [6, 6.07) is 14.2. The average molecular weight is 216 g/mol. The zero-order valence-corrected chi connectivity index (χ0v) is 8.61. The van der Waals surface area contributed by atoms with Crippen molar-refractivity contribution in [2.75, 3.05) is 0 Å². The fourth-order valence-corrected chi connectivity index (χ4v) is 1.31. The van der Waals surface area contributed by atoms with E-state index in [2.05, 4.69) is 6.07 Å². The molecule has 0 bridgehead atoms. The molecule has 0 amide bonds. The third-order valence-corrected chi connectivity index (χ3v) is 2.10. The van der Waals surface area contributed by atoms with Gasteiger partial charge in [0, 0.05) is 6.54 Å². The van der Waals surface area contributed by atoms with E-state index in [-0.39, 0.29) is 5.82 Å². The molecular weight excluding hydrogens is 205 g/mol. The number of rotatable bonds is 3. The fraction of sp³-hybridized carbons (Fsp3) is 0.0769. The van der Waals surface area contributed by atoms with Gasteiger partial charge >= 0.3 is 0 Å². The summed E-state index contributed by atoms with van der Waals surface area (Å²) in [6.07, 6.45) is 0. The summed E-state index contributed by atoms with van der Waals surface area (Å²) >= 11 is 0. The van der Waals surface area contributed by atoms with E-state index < -0.39 is 0 Å². The van der Waals surface area contributed by atoms with Crippen LogP contribution in [0.5, 0.6) is 11.5 Å². The van der Waals surface area contributed by atoms with Gasteiger partial charge in [-0.2, -0.15) is 0 Å². The minimum Gasteiger partial charge on any atom is -0.457 e. The number of ether oxygens (including phenoxy) is 1. The van der Waals surface area contributed by atoms with Crippen LogP contribution < -0.4 is 10.5 Å². The Bertz CT molecular complexity index is 468. The SMILES string of the molecule is NCc1[c]ccc(Oc2ccc(F)cc2)c1. The Labute approximate surface area is 93.5 Å². The second-order valence-electron chi connectivity index (χ2n) is 3.31. The molecule has 0 heterocycles. The van der Waals surface area contributed by atoms with Crippen molar-refractivity contribution >= 4 is 0 Å². The smallest absolute Gasteiger partial charge is 0.127 e. The topological polar surface area (TPSA) is 35.2 Å². The minimum atomic E-state index is -0.281. The molecule has 2 N–H and O–H groups in total. The largest absolute Gasteiger partial charge is 0.457 e. The zero-order chi connectivity index (χ0) is 11.4. The molecular formula is C13H11FNO. The highest BCUT2D eigenvalue weighted by Crippen LogP contribution is 2.21. The molecule has 2 rings (SSSR count). The Kier molecular flexibility index (Phi) is 3.17. The summed E-state index contributed by atoms with van der Waals surface area (Å²) in [4.78, 5) is 0. The van der Waals surface area contributed by atoms with E-state index in [9.17, 15) is 4.39 Å². The van der Waals surface area contributed by atoms with Crippen molar-refractivity contribution in [2.45, 2.75) is 6.54 Å². The number of halogens is 1. The lowest BCUT2D eigenvalue weighted by Crippen LogP contribution is -1.96. The Balaban J connectivity index is 2.16. The highest BCUT2D eigenvalue weighted by Gasteiger charge is 1.98. The molecule has 16 heavy (non-hydrogen) atoms. The molecule has 81 valence electrons. The molecule has 2 aromatic rings. The standard InChI is InChI=1S/C13H11FNO/c14-11-4-6-12(7-5-11)16-13-3-1-2-10(8-13)9-15/h1,3-8H,9,15H2. The minimum absolute atomic E-state index is 0.281. The molecule has 0 aromatic heterocycles. The molecule has 0 unspecified atom stereocenters. The normalized spacial score (nSPS) is 10.1. The van der Waals surface area contributed by atoms with Crippen molar-refractivity contribution in [3.63, 3.8) is 0 Å². The molecule has 2 aromatic carbocycles. The molecule has 0 aliphatic rings. The van der Waals surface area contributed by atoms with Crippen LogP contribution in [0.3, 0.4) is 0 Å². The van der Waals surface area contributed by atoms with Crippen LogP contribution in [0.15, 0.2) is 42.5 Å². The Morgan fingerprint density at radius 2 is 1.88 bits per heavy atom. The van der Waals surface area contributed by atoms with Gasteiger partial charge in [0.25, 0.3) is 0 Å². The van der Waals surface area contributed by atoms with E-state index in [0.717, 1.165) is 5.56 Å². The first-order valence-corrected chi connectivity index (χ1v) is 4.92. The maximum absolute atomic E-state index is 12.7. The monoisotopic (exact) mass is 216 g/mol. The van der Waals surface area contributed by atoms with Crippen molar-refractivity contribution in [3.05, 3.63) is 59.9 Å². The van der Waals surface area contributed by atoms with Gasteiger partial charge in [-0.1, -0.05) is 6.07 Å². The molecule has 0 saturated heterocycles. The number of hydrogen-bond donors (Lipinski definition) is 1. The molecule has 0 fully saturated rings. The van der Waals surface area contributed by atoms with Crippen molar-refractivity contribution in [1.82, 2.24) is 0 Å². The van der Waals surface area contributed by atoms with Crippen molar-refractivity contribution < 1.29 is 9.13 Å². The van der Waals surface area contributed by atoms with Gasteiger partial charge in [0.1, 0.15) is 17.3 Å². The average Bonchev–Trinajstić information content (AvgIpc) is 2.32. The molecule has 0 atom stereocenters. The van der Waals surface area contributed by atoms with Crippen LogP contribution in [0.1, 0.15) is 5.56 Å². The predicted octanol–water partition coefficient (Wildman–Crippen LogP) is 2.88.